The number of benzene rings is 1. The zero-order valence-corrected chi connectivity index (χ0v) is 11.0. The number of oxazole rings is 1. The Bertz CT molecular complexity index is 620. The van der Waals surface area contributed by atoms with E-state index >= 15 is 0 Å². The molecule has 100 valence electrons. The highest BCUT2D eigenvalue weighted by atomic mass is 16.5. The number of rotatable bonds is 2. The zero-order chi connectivity index (χ0) is 13.0. The third-order valence-electron chi connectivity index (χ3n) is 4.88. The summed E-state index contributed by atoms with van der Waals surface area (Å²) in [7, 11) is 1.66. The lowest BCUT2D eigenvalue weighted by Gasteiger charge is -2.25. The average Bonchev–Trinajstić information content (AvgIpc) is 3.10. The maximum absolute atomic E-state index is 6.35. The Morgan fingerprint density at radius 3 is 2.89 bits per heavy atom. The fraction of sp³-hybridized carbons (Fsp3) is 0.533. The van der Waals surface area contributed by atoms with Crippen LogP contribution in [0.25, 0.3) is 11.1 Å². The van der Waals surface area contributed by atoms with Crippen molar-refractivity contribution in [1.82, 2.24) is 4.98 Å². The highest BCUT2D eigenvalue weighted by Gasteiger charge is 2.48. The van der Waals surface area contributed by atoms with Gasteiger partial charge in [-0.3, -0.25) is 0 Å². The Balaban J connectivity index is 1.75. The van der Waals surface area contributed by atoms with Crippen LogP contribution in [0.4, 0.5) is 0 Å². The lowest BCUT2D eigenvalue weighted by Crippen LogP contribution is -2.34. The third kappa shape index (κ3) is 1.59. The molecule has 0 saturated heterocycles. The molecule has 0 radical (unpaired) electrons. The van der Waals surface area contributed by atoms with Crippen molar-refractivity contribution < 1.29 is 9.15 Å². The summed E-state index contributed by atoms with van der Waals surface area (Å²) >= 11 is 0. The molecule has 4 heteroatoms. The van der Waals surface area contributed by atoms with Gasteiger partial charge in [-0.25, -0.2) is 4.98 Å². The van der Waals surface area contributed by atoms with Gasteiger partial charge >= 0.3 is 0 Å². The van der Waals surface area contributed by atoms with Gasteiger partial charge in [0.25, 0.3) is 0 Å². The number of fused-ring (bicyclic) bond motifs is 3. The maximum atomic E-state index is 6.35. The maximum Gasteiger partial charge on any atom is 0.200 e. The van der Waals surface area contributed by atoms with Crippen molar-refractivity contribution in [3.63, 3.8) is 0 Å². The predicted molar refractivity (Wildman–Crippen MR) is 72.1 cm³/mol. The van der Waals surface area contributed by atoms with Gasteiger partial charge in [0.1, 0.15) is 11.3 Å². The molecule has 2 fully saturated rings. The van der Waals surface area contributed by atoms with Crippen LogP contribution in [0.5, 0.6) is 5.75 Å². The van der Waals surface area contributed by atoms with E-state index in [4.69, 9.17) is 14.9 Å². The molecular formula is C15H18N2O2. The first-order valence-corrected chi connectivity index (χ1v) is 6.96. The minimum Gasteiger partial charge on any atom is -0.497 e. The van der Waals surface area contributed by atoms with E-state index in [0.29, 0.717) is 17.8 Å². The minimum atomic E-state index is 0.216. The van der Waals surface area contributed by atoms with Crippen LogP contribution in [0.1, 0.15) is 31.1 Å². The van der Waals surface area contributed by atoms with Crippen LogP contribution in [-0.2, 0) is 0 Å². The fourth-order valence-electron chi connectivity index (χ4n) is 3.90. The lowest BCUT2D eigenvalue weighted by atomic mass is 9.85. The van der Waals surface area contributed by atoms with Crippen LogP contribution in [0.2, 0.25) is 0 Å². The first kappa shape index (κ1) is 11.3. The number of hydrogen-bond donors (Lipinski definition) is 1. The second kappa shape index (κ2) is 3.97. The largest absolute Gasteiger partial charge is 0.497 e. The summed E-state index contributed by atoms with van der Waals surface area (Å²) in [5.74, 6) is 3.26. The van der Waals surface area contributed by atoms with E-state index in [1.807, 2.05) is 18.2 Å². The molecule has 2 aromatic rings. The van der Waals surface area contributed by atoms with E-state index in [-0.39, 0.29) is 6.04 Å². The van der Waals surface area contributed by atoms with Crippen molar-refractivity contribution in [3.8, 4) is 5.75 Å². The molecule has 0 spiro atoms. The molecule has 2 aliphatic rings. The molecule has 2 saturated carbocycles. The van der Waals surface area contributed by atoms with Crippen molar-refractivity contribution in [2.75, 3.05) is 7.11 Å². The van der Waals surface area contributed by atoms with Crippen molar-refractivity contribution in [1.29, 1.82) is 0 Å². The van der Waals surface area contributed by atoms with Crippen molar-refractivity contribution in [3.05, 3.63) is 24.1 Å². The average molecular weight is 258 g/mol. The molecule has 4 atom stereocenters. The minimum absolute atomic E-state index is 0.216. The fourth-order valence-corrected chi connectivity index (χ4v) is 3.90. The third-order valence-corrected chi connectivity index (χ3v) is 4.88. The van der Waals surface area contributed by atoms with Gasteiger partial charge < -0.3 is 14.9 Å². The number of nitrogens with zero attached hydrogens (tertiary/aromatic N) is 1. The second-order valence-corrected chi connectivity index (χ2v) is 5.82. The summed E-state index contributed by atoms with van der Waals surface area (Å²) in [6, 6.07) is 5.95. The van der Waals surface area contributed by atoms with E-state index in [0.717, 1.165) is 22.7 Å². The summed E-state index contributed by atoms with van der Waals surface area (Å²) in [4.78, 5) is 4.65. The topological polar surface area (TPSA) is 61.3 Å². The van der Waals surface area contributed by atoms with Crippen LogP contribution in [0, 0.1) is 11.8 Å². The predicted octanol–water partition coefficient (Wildman–Crippen LogP) is 2.68. The van der Waals surface area contributed by atoms with Gasteiger partial charge in [-0.1, -0.05) is 0 Å². The Labute approximate surface area is 111 Å². The van der Waals surface area contributed by atoms with Crippen molar-refractivity contribution >= 4 is 11.1 Å². The summed E-state index contributed by atoms with van der Waals surface area (Å²) in [5.41, 5.74) is 8.04. The Morgan fingerprint density at radius 2 is 2.16 bits per heavy atom. The quantitative estimate of drug-likeness (QED) is 0.899. The molecule has 1 aromatic carbocycles. The smallest absolute Gasteiger partial charge is 0.200 e. The molecule has 4 unspecified atom stereocenters. The van der Waals surface area contributed by atoms with Crippen LogP contribution in [0.3, 0.4) is 0 Å². The highest BCUT2D eigenvalue weighted by Crippen LogP contribution is 2.52. The highest BCUT2D eigenvalue weighted by molar-refractivity contribution is 5.74. The van der Waals surface area contributed by atoms with E-state index in [2.05, 4.69) is 4.98 Å². The standard InChI is InChI=1S/C15H18N2O2/c1-18-10-4-5-12-11(7-10)17-15(19-12)13-8-2-3-9(6-8)14(13)16/h4-5,7-9,13-14H,2-3,6,16H2,1H3. The number of aromatic nitrogens is 1. The molecular weight excluding hydrogens is 240 g/mol. The lowest BCUT2D eigenvalue weighted by molar-refractivity contribution is 0.317. The molecule has 1 aromatic heterocycles. The molecule has 0 aliphatic heterocycles. The molecule has 4 nitrogen and oxygen atoms in total. The van der Waals surface area contributed by atoms with Crippen LogP contribution >= 0.6 is 0 Å². The number of ether oxygens (including phenoxy) is 1. The van der Waals surface area contributed by atoms with Crippen LogP contribution < -0.4 is 10.5 Å². The van der Waals surface area contributed by atoms with E-state index < -0.39 is 0 Å². The summed E-state index contributed by atoms with van der Waals surface area (Å²) < 4.78 is 11.1. The Kier molecular flexibility index (Phi) is 2.36. The SMILES string of the molecule is COc1ccc2oc(C3C4CCC(C4)C3N)nc2c1. The normalized spacial score (nSPS) is 33.2. The van der Waals surface area contributed by atoms with Gasteiger partial charge in [0, 0.05) is 12.1 Å². The van der Waals surface area contributed by atoms with Crippen LogP contribution in [-0.4, -0.2) is 18.1 Å². The van der Waals surface area contributed by atoms with Crippen molar-refractivity contribution in [2.24, 2.45) is 17.6 Å². The number of hydrogen-bond acceptors (Lipinski definition) is 4. The molecule has 0 amide bonds. The molecule has 19 heavy (non-hydrogen) atoms. The van der Waals surface area contributed by atoms with Crippen LogP contribution in [0.15, 0.2) is 22.6 Å². The zero-order valence-electron chi connectivity index (χ0n) is 11.0. The summed E-state index contributed by atoms with van der Waals surface area (Å²) in [6.07, 6.45) is 3.79. The summed E-state index contributed by atoms with van der Waals surface area (Å²) in [5, 5.41) is 0. The van der Waals surface area contributed by atoms with E-state index in [1.165, 1.54) is 19.3 Å². The van der Waals surface area contributed by atoms with E-state index in [9.17, 15) is 0 Å². The first-order chi connectivity index (χ1) is 9.26. The second-order valence-electron chi connectivity index (χ2n) is 5.82. The van der Waals surface area contributed by atoms with E-state index in [1.54, 1.807) is 7.11 Å². The van der Waals surface area contributed by atoms with Gasteiger partial charge in [-0.15, -0.1) is 0 Å². The van der Waals surface area contributed by atoms with Gasteiger partial charge in [0.2, 0.25) is 0 Å². The summed E-state index contributed by atoms with van der Waals surface area (Å²) in [6.45, 7) is 0. The molecule has 4 rings (SSSR count). The monoisotopic (exact) mass is 258 g/mol. The van der Waals surface area contributed by atoms with Gasteiger partial charge in [-0.2, -0.15) is 0 Å². The number of nitrogens with two attached hydrogens (primary N) is 1. The van der Waals surface area contributed by atoms with Gasteiger partial charge in [0.05, 0.1) is 13.0 Å². The molecule has 1 heterocycles. The molecule has 2 bridgehead atoms. The van der Waals surface area contributed by atoms with Crippen molar-refractivity contribution in [2.45, 2.75) is 31.2 Å². The Hall–Kier alpha value is -1.55. The van der Waals surface area contributed by atoms with Gasteiger partial charge in [0.15, 0.2) is 11.5 Å². The van der Waals surface area contributed by atoms with Gasteiger partial charge in [-0.05, 0) is 43.2 Å². The molecule has 2 aliphatic carbocycles. The Morgan fingerprint density at radius 1 is 1.32 bits per heavy atom. The number of methoxy groups -OCH3 is 1. The first-order valence-electron chi connectivity index (χ1n) is 6.96. The molecule has 2 N–H and O–H groups in total.